The van der Waals surface area contributed by atoms with E-state index < -0.39 is 42.4 Å². The minimum atomic E-state index is -1.52. The number of carbonyl (C=O) groups is 2. The largest absolute Gasteiger partial charge is 0.479 e. The zero-order chi connectivity index (χ0) is 23.7. The van der Waals surface area contributed by atoms with Crippen LogP contribution in [0.5, 0.6) is 0 Å². The van der Waals surface area contributed by atoms with Crippen molar-refractivity contribution in [2.24, 2.45) is 5.73 Å². The molecular weight excluding hydrogens is 454 g/mol. The summed E-state index contributed by atoms with van der Waals surface area (Å²) in [5.74, 6) is -1.01. The molecule has 0 unspecified atom stereocenters. The summed E-state index contributed by atoms with van der Waals surface area (Å²) in [6.45, 7) is 1.89. The molecule has 3 aromatic rings. The minimum Gasteiger partial charge on any atom is -0.479 e. The molecule has 0 saturated carbocycles. The Morgan fingerprint density at radius 2 is 2.15 bits per heavy atom. The Morgan fingerprint density at radius 1 is 1.36 bits per heavy atom. The normalized spacial score (nSPS) is 23.6. The van der Waals surface area contributed by atoms with Crippen LogP contribution in [-0.2, 0) is 20.1 Å². The number of hydrogen-bond acceptors (Lipinski definition) is 11. The number of hydrogen-bond donors (Lipinski definition) is 6. The topological polar surface area (TPSA) is 220 Å². The van der Waals surface area contributed by atoms with E-state index in [1.807, 2.05) is 6.92 Å². The monoisotopic (exact) mass is 477 g/mol. The third kappa shape index (κ3) is 4.47. The number of aliphatic hydroxyl groups excluding tert-OH is 1. The Hall–Kier alpha value is -3.27. The van der Waals surface area contributed by atoms with Gasteiger partial charge >= 0.3 is 5.97 Å². The van der Waals surface area contributed by atoms with Crippen molar-refractivity contribution >= 4 is 40.6 Å². The summed E-state index contributed by atoms with van der Waals surface area (Å²) in [6, 6.07) is -2.18. The number of nitrogens with zero attached hydrogens (tertiary/aromatic N) is 5. The number of rotatable bonds is 8. The summed E-state index contributed by atoms with van der Waals surface area (Å²) >= 11 is 1.41. The number of ether oxygens (including phenoxy) is 1. The Labute approximate surface area is 191 Å². The van der Waals surface area contributed by atoms with E-state index in [4.69, 9.17) is 16.2 Å². The highest BCUT2D eigenvalue weighted by Gasteiger charge is 2.49. The summed E-state index contributed by atoms with van der Waals surface area (Å²) in [7, 11) is 0. The maximum atomic E-state index is 12.6. The number of nitrogens with one attached hydrogen (secondary N) is 2. The molecule has 0 spiro atoms. The highest BCUT2D eigenvalue weighted by atomic mass is 32.2. The number of aromatic nitrogens is 6. The van der Waals surface area contributed by atoms with Gasteiger partial charge in [-0.1, -0.05) is 0 Å². The molecule has 1 saturated heterocycles. The Kier molecular flexibility index (Phi) is 6.46. The molecule has 1 fully saturated rings. The fraction of sp³-hybridized carbons (Fsp3) is 0.444. The first-order valence-corrected chi connectivity index (χ1v) is 11.0. The smallest absolute Gasteiger partial charge is 0.335 e. The van der Waals surface area contributed by atoms with Gasteiger partial charge < -0.3 is 36.7 Å². The molecule has 0 bridgehead atoms. The van der Waals surface area contributed by atoms with Gasteiger partial charge in [-0.3, -0.25) is 9.36 Å². The van der Waals surface area contributed by atoms with Crippen molar-refractivity contribution in [3.05, 3.63) is 30.4 Å². The molecule has 176 valence electrons. The number of aromatic amines is 1. The molecule has 14 nitrogen and oxygen atoms in total. The van der Waals surface area contributed by atoms with Gasteiger partial charge in [0.25, 0.3) is 0 Å². The molecule has 0 aromatic carbocycles. The molecule has 3 aromatic heterocycles. The molecule has 8 N–H and O–H groups in total. The van der Waals surface area contributed by atoms with E-state index in [1.165, 1.54) is 29.0 Å². The number of thioether (sulfide) groups is 1. The van der Waals surface area contributed by atoms with Gasteiger partial charge in [0.15, 0.2) is 23.8 Å². The van der Waals surface area contributed by atoms with E-state index >= 15 is 0 Å². The van der Waals surface area contributed by atoms with E-state index in [0.29, 0.717) is 5.75 Å². The standard InChI is InChI=1S/C18H23N9O5S/c1-7-9(22-4-21-7)3-33-2-8(19)16(29)26-10-12(28)17(32-13(10)18(30)31)27-6-25-11-14(20)23-5-24-15(11)27/h4-6,8,10,12-13,17,28H,2-3,19H2,1H3,(H,21,22)(H,26,29)(H,30,31)(H2,20,23,24)/t8-,10+,12-,13+,17-/m1/s1. The number of aliphatic carboxylic acids is 1. The number of nitrogens with two attached hydrogens (primary N) is 2. The second-order valence-corrected chi connectivity index (χ2v) is 8.52. The number of fused-ring (bicyclic) bond motifs is 1. The summed E-state index contributed by atoms with van der Waals surface area (Å²) in [4.78, 5) is 43.6. The number of anilines is 1. The first-order chi connectivity index (χ1) is 15.8. The molecule has 33 heavy (non-hydrogen) atoms. The Bertz CT molecular complexity index is 1170. The number of nitrogen functional groups attached to an aromatic ring is 1. The first-order valence-electron chi connectivity index (χ1n) is 9.89. The highest BCUT2D eigenvalue weighted by molar-refractivity contribution is 7.98. The number of aryl methyl sites for hydroxylation is 1. The molecule has 0 aliphatic carbocycles. The van der Waals surface area contributed by atoms with Crippen molar-refractivity contribution in [3.63, 3.8) is 0 Å². The summed E-state index contributed by atoms with van der Waals surface area (Å²) in [5.41, 5.74) is 14.1. The van der Waals surface area contributed by atoms with Gasteiger partial charge in [0.1, 0.15) is 17.9 Å². The van der Waals surface area contributed by atoms with Crippen LogP contribution in [-0.4, -0.2) is 81.6 Å². The van der Waals surface area contributed by atoms with Crippen molar-refractivity contribution in [1.29, 1.82) is 0 Å². The molecule has 5 atom stereocenters. The van der Waals surface area contributed by atoms with Crippen LogP contribution < -0.4 is 16.8 Å². The maximum absolute atomic E-state index is 12.6. The lowest BCUT2D eigenvalue weighted by Crippen LogP contribution is -2.54. The van der Waals surface area contributed by atoms with E-state index in [2.05, 4.69) is 30.2 Å². The van der Waals surface area contributed by atoms with Gasteiger partial charge in [-0.05, 0) is 6.92 Å². The zero-order valence-corrected chi connectivity index (χ0v) is 18.3. The molecule has 1 amide bonds. The maximum Gasteiger partial charge on any atom is 0.335 e. The van der Waals surface area contributed by atoms with E-state index in [1.54, 1.807) is 6.33 Å². The predicted molar refractivity (Wildman–Crippen MR) is 117 cm³/mol. The third-order valence-electron chi connectivity index (χ3n) is 5.29. The minimum absolute atomic E-state index is 0.124. The number of carboxylic acid groups (broad SMARTS) is 1. The lowest BCUT2D eigenvalue weighted by Gasteiger charge is -2.22. The second-order valence-electron chi connectivity index (χ2n) is 7.49. The molecule has 15 heteroatoms. The van der Waals surface area contributed by atoms with Gasteiger partial charge in [-0.15, -0.1) is 0 Å². The fourth-order valence-corrected chi connectivity index (χ4v) is 4.50. The van der Waals surface area contributed by atoms with Gasteiger partial charge in [-0.2, -0.15) is 11.8 Å². The van der Waals surface area contributed by atoms with Crippen LogP contribution in [0, 0.1) is 6.92 Å². The van der Waals surface area contributed by atoms with Crippen molar-refractivity contribution in [3.8, 4) is 0 Å². The lowest BCUT2D eigenvalue weighted by molar-refractivity contribution is -0.152. The SMILES string of the molecule is Cc1[nH]cnc1CSC[C@@H](N)C(=O)N[C@H]1[C@@H](O)[C@H](n2cnc3c(N)ncnc32)O[C@@H]1C(=O)O. The molecule has 0 radical (unpaired) electrons. The van der Waals surface area contributed by atoms with E-state index in [0.717, 1.165) is 11.4 Å². The zero-order valence-electron chi connectivity index (χ0n) is 17.5. The number of aliphatic hydroxyl groups is 1. The van der Waals surface area contributed by atoms with Crippen LogP contribution in [0.4, 0.5) is 5.82 Å². The van der Waals surface area contributed by atoms with Crippen LogP contribution in [0.25, 0.3) is 11.2 Å². The number of imidazole rings is 2. The average Bonchev–Trinajstić information content (AvgIpc) is 3.47. The first kappa shape index (κ1) is 22.9. The van der Waals surface area contributed by atoms with Crippen molar-refractivity contribution in [2.75, 3.05) is 11.5 Å². The van der Waals surface area contributed by atoms with Crippen LogP contribution >= 0.6 is 11.8 Å². The number of amides is 1. The van der Waals surface area contributed by atoms with Gasteiger partial charge in [0.2, 0.25) is 5.91 Å². The van der Waals surface area contributed by atoms with Gasteiger partial charge in [0.05, 0.1) is 30.4 Å². The van der Waals surface area contributed by atoms with Gasteiger partial charge in [-0.25, -0.2) is 24.7 Å². The van der Waals surface area contributed by atoms with Crippen LogP contribution in [0.1, 0.15) is 17.6 Å². The molecular formula is C18H23N9O5S. The average molecular weight is 478 g/mol. The van der Waals surface area contributed by atoms with Crippen molar-refractivity contribution < 1.29 is 24.5 Å². The van der Waals surface area contributed by atoms with Crippen molar-refractivity contribution in [1.82, 2.24) is 34.8 Å². The quantitative estimate of drug-likeness (QED) is 0.219. The Morgan fingerprint density at radius 3 is 2.85 bits per heavy atom. The van der Waals surface area contributed by atoms with Crippen LogP contribution in [0.2, 0.25) is 0 Å². The predicted octanol–water partition coefficient (Wildman–Crippen LogP) is -1.47. The number of carboxylic acids is 1. The molecule has 4 rings (SSSR count). The summed E-state index contributed by atoms with van der Waals surface area (Å²) in [5, 5.41) is 23.0. The van der Waals surface area contributed by atoms with Crippen LogP contribution in [0.3, 0.4) is 0 Å². The van der Waals surface area contributed by atoms with E-state index in [-0.39, 0.29) is 22.7 Å². The second kappa shape index (κ2) is 9.30. The third-order valence-corrected chi connectivity index (χ3v) is 6.37. The molecule has 1 aliphatic heterocycles. The lowest BCUT2D eigenvalue weighted by atomic mass is 10.1. The molecule has 1 aliphatic rings. The van der Waals surface area contributed by atoms with E-state index in [9.17, 15) is 19.8 Å². The highest BCUT2D eigenvalue weighted by Crippen LogP contribution is 2.32. The number of carbonyl (C=O) groups excluding carboxylic acids is 1. The summed E-state index contributed by atoms with van der Waals surface area (Å²) in [6.07, 6.45) is 0.000581. The van der Waals surface area contributed by atoms with Crippen molar-refractivity contribution in [2.45, 2.75) is 43.2 Å². The summed E-state index contributed by atoms with van der Waals surface area (Å²) < 4.78 is 6.91. The molecule has 4 heterocycles. The Balaban J connectivity index is 1.44. The van der Waals surface area contributed by atoms with Crippen LogP contribution in [0.15, 0.2) is 19.0 Å². The number of H-pyrrole nitrogens is 1. The fourth-order valence-electron chi connectivity index (χ4n) is 3.49. The van der Waals surface area contributed by atoms with Gasteiger partial charge in [0, 0.05) is 17.2 Å².